The fourth-order valence-electron chi connectivity index (χ4n) is 3.53. The zero-order valence-electron chi connectivity index (χ0n) is 18.8. The predicted octanol–water partition coefficient (Wildman–Crippen LogP) is 4.19. The molecular weight excluding hydrogens is 384 g/mol. The van der Waals surface area contributed by atoms with Crippen molar-refractivity contribution < 1.29 is 30.3 Å². The molecule has 0 unspecified atom stereocenters. The van der Waals surface area contributed by atoms with E-state index < -0.39 is 11.4 Å². The number of hydrogen-bond donors (Lipinski definition) is 5. The minimum atomic E-state index is -0.737. The third-order valence-electron chi connectivity index (χ3n) is 5.84. The maximum absolute atomic E-state index is 10.4. The van der Waals surface area contributed by atoms with E-state index in [2.05, 4.69) is 12.2 Å². The Morgan fingerprint density at radius 1 is 0.733 bits per heavy atom. The van der Waals surface area contributed by atoms with Crippen LogP contribution in [0.4, 0.5) is 0 Å². The Labute approximate surface area is 183 Å². The van der Waals surface area contributed by atoms with Crippen molar-refractivity contribution >= 4 is 5.97 Å². The van der Waals surface area contributed by atoms with Crippen LogP contribution in [0, 0.1) is 5.41 Å². The lowest BCUT2D eigenvalue weighted by Crippen LogP contribution is -2.33. The van der Waals surface area contributed by atoms with Crippen molar-refractivity contribution in [3.8, 4) is 0 Å². The van der Waals surface area contributed by atoms with E-state index in [1.807, 2.05) is 0 Å². The number of unbranched alkanes of at least 4 members (excludes halogenated alkanes) is 10. The van der Waals surface area contributed by atoms with E-state index in [0.717, 1.165) is 83.5 Å². The molecule has 0 aliphatic heterocycles. The molecule has 0 saturated heterocycles. The van der Waals surface area contributed by atoms with Crippen LogP contribution in [0.5, 0.6) is 0 Å². The normalized spacial score (nSPS) is 13.2. The van der Waals surface area contributed by atoms with E-state index >= 15 is 0 Å². The molecule has 0 aromatic carbocycles. The van der Waals surface area contributed by atoms with Crippen LogP contribution in [0.15, 0.2) is 12.2 Å². The Hall–Kier alpha value is -0.950. The standard InChI is InChI=1S/C24H46O6/c25-19-24(20-26,21-27)18-14-10-6-5-8-12-16-22(28)15-11-7-3-1-2-4-9-13-17-23(29)30/h7,11,22,25-28H,1-6,8-10,12-21H2,(H,29,30)/b11-7-/t22-/m0/s1. The Morgan fingerprint density at radius 3 is 1.87 bits per heavy atom. The number of hydrogen-bond acceptors (Lipinski definition) is 5. The summed E-state index contributed by atoms with van der Waals surface area (Å²) < 4.78 is 0. The van der Waals surface area contributed by atoms with Crippen molar-refractivity contribution in [1.29, 1.82) is 0 Å². The Morgan fingerprint density at radius 2 is 1.27 bits per heavy atom. The SMILES string of the molecule is O=C(O)CCCCCCC/C=C\C[C@H](O)CCCCCCCCC(CO)(CO)CO. The molecule has 0 aromatic rings. The van der Waals surface area contributed by atoms with E-state index in [4.69, 9.17) is 5.11 Å². The van der Waals surface area contributed by atoms with Crippen molar-refractivity contribution in [1.82, 2.24) is 0 Å². The summed E-state index contributed by atoms with van der Waals surface area (Å²) in [6.45, 7) is -0.539. The van der Waals surface area contributed by atoms with Gasteiger partial charge in [0.1, 0.15) is 0 Å². The topological polar surface area (TPSA) is 118 Å². The van der Waals surface area contributed by atoms with Crippen molar-refractivity contribution in [2.24, 2.45) is 5.41 Å². The highest BCUT2D eigenvalue weighted by atomic mass is 16.4. The molecular formula is C24H46O6. The summed E-state index contributed by atoms with van der Waals surface area (Å²) in [5.41, 5.74) is -0.737. The summed E-state index contributed by atoms with van der Waals surface area (Å²) in [5.74, 6) is -0.709. The van der Waals surface area contributed by atoms with E-state index in [1.165, 1.54) is 0 Å². The molecule has 0 spiro atoms. The minimum Gasteiger partial charge on any atom is -0.481 e. The van der Waals surface area contributed by atoms with Crippen LogP contribution in [-0.4, -0.2) is 57.4 Å². The van der Waals surface area contributed by atoms with Gasteiger partial charge in [-0.25, -0.2) is 0 Å². The van der Waals surface area contributed by atoms with E-state index in [1.54, 1.807) is 0 Å². The van der Waals surface area contributed by atoms with Crippen LogP contribution in [0.3, 0.4) is 0 Å². The number of aliphatic hydroxyl groups excluding tert-OH is 4. The van der Waals surface area contributed by atoms with Crippen molar-refractivity contribution in [3.05, 3.63) is 12.2 Å². The number of carbonyl (C=O) groups is 1. The summed E-state index contributed by atoms with van der Waals surface area (Å²) in [4.78, 5) is 10.4. The Bertz CT molecular complexity index is 412. The second-order valence-electron chi connectivity index (χ2n) is 8.70. The molecule has 0 radical (unpaired) electrons. The highest BCUT2D eigenvalue weighted by Gasteiger charge is 2.27. The molecule has 178 valence electrons. The van der Waals surface area contributed by atoms with Gasteiger partial charge in [0.05, 0.1) is 25.9 Å². The van der Waals surface area contributed by atoms with Crippen LogP contribution in [0.25, 0.3) is 0 Å². The van der Waals surface area contributed by atoms with Crippen molar-refractivity contribution in [3.63, 3.8) is 0 Å². The number of aliphatic carboxylic acids is 1. The molecule has 6 nitrogen and oxygen atoms in total. The third-order valence-corrected chi connectivity index (χ3v) is 5.84. The first kappa shape index (κ1) is 29.1. The van der Waals surface area contributed by atoms with Crippen LogP contribution in [-0.2, 0) is 4.79 Å². The summed E-state index contributed by atoms with van der Waals surface area (Å²) in [7, 11) is 0. The highest BCUT2D eigenvalue weighted by molar-refractivity contribution is 5.66. The Kier molecular flexibility index (Phi) is 19.3. The lowest BCUT2D eigenvalue weighted by molar-refractivity contribution is -0.137. The van der Waals surface area contributed by atoms with Gasteiger partial charge in [-0.15, -0.1) is 0 Å². The predicted molar refractivity (Wildman–Crippen MR) is 120 cm³/mol. The van der Waals surface area contributed by atoms with Crippen LogP contribution >= 0.6 is 0 Å². The average Bonchev–Trinajstić information content (AvgIpc) is 2.74. The van der Waals surface area contributed by atoms with Gasteiger partial charge in [0.15, 0.2) is 0 Å². The smallest absolute Gasteiger partial charge is 0.303 e. The van der Waals surface area contributed by atoms with Gasteiger partial charge in [-0.05, 0) is 38.5 Å². The molecule has 0 bridgehead atoms. The van der Waals surface area contributed by atoms with Gasteiger partial charge in [0, 0.05) is 11.8 Å². The van der Waals surface area contributed by atoms with Gasteiger partial charge in [0.2, 0.25) is 0 Å². The summed E-state index contributed by atoms with van der Waals surface area (Å²) in [5, 5.41) is 46.5. The first-order valence-electron chi connectivity index (χ1n) is 11.9. The van der Waals surface area contributed by atoms with Crippen LogP contribution < -0.4 is 0 Å². The van der Waals surface area contributed by atoms with Gasteiger partial charge in [-0.1, -0.05) is 69.9 Å². The molecule has 0 saturated carbocycles. The van der Waals surface area contributed by atoms with Gasteiger partial charge in [-0.2, -0.15) is 0 Å². The number of carboxylic acids is 1. The molecule has 0 rings (SSSR count). The summed E-state index contributed by atoms with van der Waals surface area (Å²) in [6.07, 6.45) is 18.8. The van der Waals surface area contributed by atoms with Crippen LogP contribution in [0.1, 0.15) is 103 Å². The molecule has 0 fully saturated rings. The van der Waals surface area contributed by atoms with Crippen molar-refractivity contribution in [2.75, 3.05) is 19.8 Å². The van der Waals surface area contributed by atoms with Crippen molar-refractivity contribution in [2.45, 2.75) is 109 Å². The Balaban J connectivity index is 3.46. The molecule has 0 aliphatic carbocycles. The highest BCUT2D eigenvalue weighted by Crippen LogP contribution is 2.24. The summed E-state index contributed by atoms with van der Waals surface area (Å²) in [6, 6.07) is 0. The molecule has 0 aromatic heterocycles. The number of carboxylic acid groups (broad SMARTS) is 1. The van der Waals surface area contributed by atoms with E-state index in [-0.39, 0.29) is 32.3 Å². The fraction of sp³-hybridized carbons (Fsp3) is 0.875. The lowest BCUT2D eigenvalue weighted by Gasteiger charge is -2.27. The fourth-order valence-corrected chi connectivity index (χ4v) is 3.53. The zero-order valence-corrected chi connectivity index (χ0v) is 18.8. The molecule has 1 atom stereocenters. The maximum atomic E-state index is 10.4. The number of aliphatic hydroxyl groups is 4. The molecule has 0 amide bonds. The maximum Gasteiger partial charge on any atom is 0.303 e. The number of rotatable bonds is 22. The summed E-state index contributed by atoms with van der Waals surface area (Å²) >= 11 is 0. The third kappa shape index (κ3) is 16.8. The minimum absolute atomic E-state index is 0.180. The van der Waals surface area contributed by atoms with E-state index in [0.29, 0.717) is 12.8 Å². The van der Waals surface area contributed by atoms with Gasteiger partial charge >= 0.3 is 5.97 Å². The second kappa shape index (κ2) is 20.0. The van der Waals surface area contributed by atoms with Gasteiger partial charge < -0.3 is 25.5 Å². The molecule has 30 heavy (non-hydrogen) atoms. The van der Waals surface area contributed by atoms with Gasteiger partial charge in [-0.3, -0.25) is 4.79 Å². The van der Waals surface area contributed by atoms with E-state index in [9.17, 15) is 25.2 Å². The molecule has 5 N–H and O–H groups in total. The van der Waals surface area contributed by atoms with Crippen LogP contribution in [0.2, 0.25) is 0 Å². The van der Waals surface area contributed by atoms with Gasteiger partial charge in [0.25, 0.3) is 0 Å². The molecule has 0 aliphatic rings. The monoisotopic (exact) mass is 430 g/mol. The number of allylic oxidation sites excluding steroid dienone is 1. The zero-order chi connectivity index (χ0) is 22.5. The lowest BCUT2D eigenvalue weighted by atomic mass is 9.85. The average molecular weight is 431 g/mol. The molecule has 6 heteroatoms. The first-order valence-corrected chi connectivity index (χ1v) is 11.9. The largest absolute Gasteiger partial charge is 0.481 e. The molecule has 0 heterocycles. The first-order chi connectivity index (χ1) is 14.5. The second-order valence-corrected chi connectivity index (χ2v) is 8.70. The quantitative estimate of drug-likeness (QED) is 0.130.